The second-order valence-corrected chi connectivity index (χ2v) is 6.38. The summed E-state index contributed by atoms with van der Waals surface area (Å²) in [6.07, 6.45) is 0. The monoisotopic (exact) mass is 331 g/mol. The molecule has 0 spiro atoms. The number of anilines is 1. The summed E-state index contributed by atoms with van der Waals surface area (Å²) < 4.78 is 5.76. The van der Waals surface area contributed by atoms with Crippen molar-refractivity contribution >= 4 is 17.3 Å². The van der Waals surface area contributed by atoms with Crippen LogP contribution in [0.4, 0.5) is 5.69 Å². The minimum absolute atomic E-state index is 0.705. The second-order valence-electron chi connectivity index (χ2n) is 5.94. The van der Waals surface area contributed by atoms with E-state index in [9.17, 15) is 0 Å². The molecule has 0 bridgehead atoms. The lowest BCUT2D eigenvalue weighted by molar-refractivity contribution is -0.914. The Balaban J connectivity index is 1.60. The molecule has 0 aliphatic carbocycles. The van der Waals surface area contributed by atoms with Gasteiger partial charge in [-0.1, -0.05) is 35.9 Å². The fraction of sp³-hybridized carbons (Fsp3) is 0.368. The van der Waals surface area contributed by atoms with Crippen LogP contribution in [0.15, 0.2) is 48.5 Å². The van der Waals surface area contributed by atoms with Crippen LogP contribution in [0.25, 0.3) is 0 Å². The lowest BCUT2D eigenvalue weighted by Gasteiger charge is -2.34. The van der Waals surface area contributed by atoms with E-state index in [1.54, 1.807) is 4.90 Å². The van der Waals surface area contributed by atoms with Crippen molar-refractivity contribution in [1.82, 2.24) is 0 Å². The first-order valence-electron chi connectivity index (χ1n) is 8.31. The quantitative estimate of drug-likeness (QED) is 0.907. The van der Waals surface area contributed by atoms with Crippen molar-refractivity contribution in [2.75, 3.05) is 37.7 Å². The van der Waals surface area contributed by atoms with Gasteiger partial charge < -0.3 is 14.5 Å². The van der Waals surface area contributed by atoms with E-state index in [1.807, 2.05) is 25.1 Å². The van der Waals surface area contributed by atoms with Crippen LogP contribution in [0.2, 0.25) is 5.02 Å². The Bertz CT molecular complexity index is 639. The maximum absolute atomic E-state index is 6.08. The Morgan fingerprint density at radius 3 is 2.61 bits per heavy atom. The highest BCUT2D eigenvalue weighted by molar-refractivity contribution is 6.30. The minimum atomic E-state index is 0.705. The number of hydrogen-bond acceptors (Lipinski definition) is 2. The van der Waals surface area contributed by atoms with Crippen molar-refractivity contribution in [3.8, 4) is 5.75 Å². The van der Waals surface area contributed by atoms with Crippen LogP contribution in [0, 0.1) is 0 Å². The molecule has 0 aromatic heterocycles. The number of quaternary nitrogens is 1. The van der Waals surface area contributed by atoms with Gasteiger partial charge in [0.05, 0.1) is 38.5 Å². The lowest BCUT2D eigenvalue weighted by Crippen LogP contribution is -3.13. The van der Waals surface area contributed by atoms with Crippen LogP contribution in [-0.4, -0.2) is 32.8 Å². The summed E-state index contributed by atoms with van der Waals surface area (Å²) in [5.41, 5.74) is 2.53. The normalized spacial score (nSPS) is 15.7. The molecule has 3 nitrogen and oxygen atoms in total. The van der Waals surface area contributed by atoms with Crippen molar-refractivity contribution in [1.29, 1.82) is 0 Å². The predicted octanol–water partition coefficient (Wildman–Crippen LogP) is 2.64. The van der Waals surface area contributed by atoms with Crippen molar-refractivity contribution < 1.29 is 9.64 Å². The molecule has 3 rings (SSSR count). The summed E-state index contributed by atoms with van der Waals surface area (Å²) in [6, 6.07) is 16.5. The molecule has 2 aromatic carbocycles. The van der Waals surface area contributed by atoms with Crippen molar-refractivity contribution in [3.63, 3.8) is 0 Å². The summed E-state index contributed by atoms with van der Waals surface area (Å²) in [5.74, 6) is 0.994. The largest absolute Gasteiger partial charge is 0.492 e. The molecule has 1 aliphatic heterocycles. The van der Waals surface area contributed by atoms with E-state index in [0.717, 1.165) is 43.5 Å². The van der Waals surface area contributed by atoms with Gasteiger partial charge >= 0.3 is 0 Å². The molecular formula is C19H24ClN2O+. The number of para-hydroxylation sites is 2. The number of rotatable bonds is 5. The van der Waals surface area contributed by atoms with E-state index in [1.165, 1.54) is 11.3 Å². The third-order valence-electron chi connectivity index (χ3n) is 4.32. The summed E-state index contributed by atoms with van der Waals surface area (Å²) in [7, 11) is 0. The average molecular weight is 332 g/mol. The van der Waals surface area contributed by atoms with E-state index in [0.29, 0.717) is 6.61 Å². The lowest BCUT2D eigenvalue weighted by atomic mass is 10.2. The highest BCUT2D eigenvalue weighted by Gasteiger charge is 2.22. The van der Waals surface area contributed by atoms with E-state index >= 15 is 0 Å². The minimum Gasteiger partial charge on any atom is -0.492 e. The third kappa shape index (κ3) is 4.18. The van der Waals surface area contributed by atoms with Crippen LogP contribution in [-0.2, 0) is 6.54 Å². The Kier molecular flexibility index (Phi) is 5.42. The van der Waals surface area contributed by atoms with Crippen molar-refractivity contribution in [3.05, 3.63) is 59.1 Å². The van der Waals surface area contributed by atoms with Gasteiger partial charge in [0, 0.05) is 10.6 Å². The van der Waals surface area contributed by atoms with Crippen LogP contribution in [0.1, 0.15) is 12.5 Å². The first-order valence-corrected chi connectivity index (χ1v) is 8.69. The van der Waals surface area contributed by atoms with Crippen LogP contribution in [0.5, 0.6) is 5.75 Å². The SMILES string of the molecule is CCOc1ccccc1N1CC[NH+](Cc2cccc(Cl)c2)CC1. The fourth-order valence-corrected chi connectivity index (χ4v) is 3.39. The Morgan fingerprint density at radius 2 is 1.87 bits per heavy atom. The molecule has 1 N–H and O–H groups in total. The zero-order valence-corrected chi connectivity index (χ0v) is 14.4. The van der Waals surface area contributed by atoms with Gasteiger partial charge in [-0.05, 0) is 31.2 Å². The number of nitrogens with zero attached hydrogens (tertiary/aromatic N) is 1. The molecule has 0 unspecified atom stereocenters. The van der Waals surface area contributed by atoms with Crippen LogP contribution in [0.3, 0.4) is 0 Å². The highest BCUT2D eigenvalue weighted by Crippen LogP contribution is 2.27. The van der Waals surface area contributed by atoms with Crippen molar-refractivity contribution in [2.24, 2.45) is 0 Å². The number of nitrogens with one attached hydrogen (secondary N) is 1. The topological polar surface area (TPSA) is 16.9 Å². The number of hydrogen-bond donors (Lipinski definition) is 1. The Hall–Kier alpha value is -1.71. The first kappa shape index (κ1) is 16.2. The molecule has 0 saturated carbocycles. The van der Waals surface area contributed by atoms with E-state index < -0.39 is 0 Å². The summed E-state index contributed by atoms with van der Waals surface area (Å²) >= 11 is 6.08. The van der Waals surface area contributed by atoms with Crippen LogP contribution < -0.4 is 14.5 Å². The average Bonchev–Trinajstić information content (AvgIpc) is 2.57. The van der Waals surface area contributed by atoms with Gasteiger partial charge in [0.25, 0.3) is 0 Å². The second kappa shape index (κ2) is 7.71. The zero-order valence-electron chi connectivity index (χ0n) is 13.6. The maximum atomic E-state index is 6.08. The predicted molar refractivity (Wildman–Crippen MR) is 95.7 cm³/mol. The van der Waals surface area contributed by atoms with Crippen molar-refractivity contribution in [2.45, 2.75) is 13.5 Å². The number of ether oxygens (including phenoxy) is 1. The molecule has 1 aliphatic rings. The molecule has 1 saturated heterocycles. The van der Waals surface area contributed by atoms with Gasteiger partial charge in [-0.3, -0.25) is 0 Å². The Morgan fingerprint density at radius 1 is 1.09 bits per heavy atom. The molecule has 1 fully saturated rings. The molecule has 0 amide bonds. The van der Waals surface area contributed by atoms with E-state index in [2.05, 4.69) is 35.2 Å². The molecular weight excluding hydrogens is 308 g/mol. The molecule has 2 aromatic rings. The number of piperazine rings is 1. The van der Waals surface area contributed by atoms with Crippen LogP contribution >= 0.6 is 11.6 Å². The molecule has 1 heterocycles. The van der Waals surface area contributed by atoms with E-state index in [4.69, 9.17) is 16.3 Å². The third-order valence-corrected chi connectivity index (χ3v) is 4.55. The molecule has 23 heavy (non-hydrogen) atoms. The highest BCUT2D eigenvalue weighted by atomic mass is 35.5. The summed E-state index contributed by atoms with van der Waals surface area (Å²) in [6.45, 7) is 8.16. The van der Waals surface area contributed by atoms with Gasteiger partial charge in [0.2, 0.25) is 0 Å². The summed E-state index contributed by atoms with van der Waals surface area (Å²) in [4.78, 5) is 4.05. The van der Waals surface area contributed by atoms with Gasteiger partial charge in [0.1, 0.15) is 12.3 Å². The first-order chi connectivity index (χ1) is 11.3. The smallest absolute Gasteiger partial charge is 0.142 e. The molecule has 0 atom stereocenters. The van der Waals surface area contributed by atoms with Gasteiger partial charge in [-0.25, -0.2) is 0 Å². The molecule has 0 radical (unpaired) electrons. The molecule has 122 valence electrons. The van der Waals surface area contributed by atoms with E-state index in [-0.39, 0.29) is 0 Å². The Labute approximate surface area is 143 Å². The van der Waals surface area contributed by atoms with Gasteiger partial charge in [-0.15, -0.1) is 0 Å². The van der Waals surface area contributed by atoms with Gasteiger partial charge in [0.15, 0.2) is 0 Å². The number of benzene rings is 2. The number of halogens is 1. The molecule has 4 heteroatoms. The zero-order chi connectivity index (χ0) is 16.1. The maximum Gasteiger partial charge on any atom is 0.142 e. The summed E-state index contributed by atoms with van der Waals surface area (Å²) in [5, 5.41) is 0.825. The fourth-order valence-electron chi connectivity index (χ4n) is 3.17. The standard InChI is InChI=1S/C19H23ClN2O/c1-2-23-19-9-4-3-8-18(19)22-12-10-21(11-13-22)15-16-6-5-7-17(20)14-16/h3-9,14H,2,10-13,15H2,1H3/p+1. The van der Waals surface area contributed by atoms with Gasteiger partial charge in [-0.2, -0.15) is 0 Å².